The van der Waals surface area contributed by atoms with Gasteiger partial charge in [-0.1, -0.05) is 48.5 Å². The first-order chi connectivity index (χ1) is 12.1. The number of rotatable bonds is 8. The fourth-order valence-corrected chi connectivity index (χ4v) is 2.71. The highest BCUT2D eigenvalue weighted by molar-refractivity contribution is 5.78. The van der Waals surface area contributed by atoms with E-state index in [2.05, 4.69) is 6.07 Å². The first-order valence-electron chi connectivity index (χ1n) is 8.49. The smallest absolute Gasteiger partial charge is 0.260 e. The molecule has 0 heterocycles. The van der Waals surface area contributed by atoms with Crippen molar-refractivity contribution in [1.82, 2.24) is 4.90 Å². The highest BCUT2D eigenvalue weighted by Gasteiger charge is 2.15. The molecule has 0 unspecified atom stereocenters. The third-order valence-electron chi connectivity index (χ3n) is 4.11. The summed E-state index contributed by atoms with van der Waals surface area (Å²) in [5.74, 6) is 0.674. The van der Waals surface area contributed by atoms with Crippen LogP contribution in [0.1, 0.15) is 23.1 Å². The summed E-state index contributed by atoms with van der Waals surface area (Å²) in [6, 6.07) is 18.0. The lowest BCUT2D eigenvalue weighted by molar-refractivity contribution is -0.133. The Morgan fingerprint density at radius 1 is 1.04 bits per heavy atom. The molecule has 1 amide bonds. The predicted octanol–water partition coefficient (Wildman–Crippen LogP) is 3.67. The van der Waals surface area contributed by atoms with E-state index in [1.165, 1.54) is 5.56 Å². The van der Waals surface area contributed by atoms with Gasteiger partial charge in [-0.05, 0) is 37.0 Å². The van der Waals surface area contributed by atoms with Crippen molar-refractivity contribution >= 4 is 5.91 Å². The van der Waals surface area contributed by atoms with Gasteiger partial charge in [0.05, 0.1) is 12.5 Å². The number of nitriles is 1. The summed E-state index contributed by atoms with van der Waals surface area (Å²) in [4.78, 5) is 14.3. The van der Waals surface area contributed by atoms with Crippen LogP contribution in [-0.4, -0.2) is 30.5 Å². The molecule has 0 atom stereocenters. The lowest BCUT2D eigenvalue weighted by Crippen LogP contribution is -2.37. The fourth-order valence-electron chi connectivity index (χ4n) is 2.71. The molecule has 0 aromatic heterocycles. The number of benzene rings is 2. The Labute approximate surface area is 149 Å². The summed E-state index contributed by atoms with van der Waals surface area (Å²) < 4.78 is 5.77. The Morgan fingerprint density at radius 3 is 2.36 bits per heavy atom. The molecule has 2 aromatic carbocycles. The molecule has 0 saturated heterocycles. The van der Waals surface area contributed by atoms with Crippen LogP contribution in [0.25, 0.3) is 0 Å². The number of amides is 1. The lowest BCUT2D eigenvalue weighted by Gasteiger charge is -2.22. The van der Waals surface area contributed by atoms with Crippen LogP contribution < -0.4 is 4.74 Å². The molecule has 0 aliphatic carbocycles. The topological polar surface area (TPSA) is 53.3 Å². The zero-order chi connectivity index (χ0) is 18.1. The minimum Gasteiger partial charge on any atom is -0.483 e. The zero-order valence-corrected chi connectivity index (χ0v) is 14.9. The van der Waals surface area contributed by atoms with Crippen LogP contribution in [0.15, 0.2) is 48.5 Å². The summed E-state index contributed by atoms with van der Waals surface area (Å²) in [5.41, 5.74) is 3.20. The second-order valence-corrected chi connectivity index (χ2v) is 6.03. The third-order valence-corrected chi connectivity index (χ3v) is 4.11. The number of aryl methyl sites for hydroxylation is 2. The molecule has 2 aromatic rings. The van der Waals surface area contributed by atoms with Crippen molar-refractivity contribution in [3.63, 3.8) is 0 Å². The van der Waals surface area contributed by atoms with Gasteiger partial charge in [-0.25, -0.2) is 0 Å². The standard InChI is InChI=1S/C21H24N2O2/c1-17-8-6-9-18(2)21(17)25-16-20(24)23(14-7-13-22)15-12-19-10-4-3-5-11-19/h3-6,8-11H,7,12,14-16H2,1-2H3. The maximum Gasteiger partial charge on any atom is 0.260 e. The number of para-hydroxylation sites is 1. The van der Waals surface area contributed by atoms with Gasteiger partial charge in [0.25, 0.3) is 5.91 Å². The van der Waals surface area contributed by atoms with Gasteiger partial charge in [-0.3, -0.25) is 4.79 Å². The molecule has 4 nitrogen and oxygen atoms in total. The quantitative estimate of drug-likeness (QED) is 0.739. The van der Waals surface area contributed by atoms with Gasteiger partial charge < -0.3 is 9.64 Å². The van der Waals surface area contributed by atoms with Crippen molar-refractivity contribution in [3.05, 3.63) is 65.2 Å². The molecule has 0 aliphatic heterocycles. The van der Waals surface area contributed by atoms with E-state index >= 15 is 0 Å². The van der Waals surface area contributed by atoms with Crippen molar-refractivity contribution in [3.8, 4) is 11.8 Å². The van der Waals surface area contributed by atoms with Crippen LogP contribution >= 0.6 is 0 Å². The lowest BCUT2D eigenvalue weighted by atomic mass is 10.1. The van der Waals surface area contributed by atoms with Crippen molar-refractivity contribution in [2.75, 3.05) is 19.7 Å². The summed E-state index contributed by atoms with van der Waals surface area (Å²) in [7, 11) is 0. The van der Waals surface area contributed by atoms with Crippen molar-refractivity contribution < 1.29 is 9.53 Å². The molecule has 0 fully saturated rings. The van der Waals surface area contributed by atoms with Gasteiger partial charge in [-0.2, -0.15) is 5.26 Å². The molecule has 0 bridgehead atoms. The van der Waals surface area contributed by atoms with E-state index in [9.17, 15) is 4.79 Å². The number of hydrogen-bond acceptors (Lipinski definition) is 3. The summed E-state index contributed by atoms with van der Waals surface area (Å²) >= 11 is 0. The number of carbonyl (C=O) groups is 1. The van der Waals surface area contributed by atoms with Gasteiger partial charge in [0.15, 0.2) is 6.61 Å². The molecule has 130 valence electrons. The van der Waals surface area contributed by atoms with E-state index in [0.29, 0.717) is 19.5 Å². The Hall–Kier alpha value is -2.80. The second-order valence-electron chi connectivity index (χ2n) is 6.03. The predicted molar refractivity (Wildman–Crippen MR) is 98.4 cm³/mol. The van der Waals surface area contributed by atoms with Gasteiger partial charge in [0, 0.05) is 13.1 Å². The van der Waals surface area contributed by atoms with Gasteiger partial charge in [-0.15, -0.1) is 0 Å². The summed E-state index contributed by atoms with van der Waals surface area (Å²) in [6.45, 7) is 4.94. The Morgan fingerprint density at radius 2 is 1.72 bits per heavy atom. The Balaban J connectivity index is 1.96. The van der Waals surface area contributed by atoms with Crippen LogP contribution in [-0.2, 0) is 11.2 Å². The molecule has 0 spiro atoms. The molecule has 0 radical (unpaired) electrons. The highest BCUT2D eigenvalue weighted by Crippen LogP contribution is 2.22. The average Bonchev–Trinajstić information content (AvgIpc) is 2.62. The first kappa shape index (κ1) is 18.5. The maximum absolute atomic E-state index is 12.6. The van der Waals surface area contributed by atoms with Gasteiger partial charge in [0.2, 0.25) is 0 Å². The van der Waals surface area contributed by atoms with Crippen LogP contribution in [0.2, 0.25) is 0 Å². The number of carbonyl (C=O) groups excluding carboxylic acids is 1. The van der Waals surface area contributed by atoms with E-state index in [1.807, 2.05) is 62.4 Å². The van der Waals surface area contributed by atoms with Crippen LogP contribution in [0.4, 0.5) is 0 Å². The monoisotopic (exact) mass is 336 g/mol. The van der Waals surface area contributed by atoms with Gasteiger partial charge in [0.1, 0.15) is 5.75 Å². The van der Waals surface area contributed by atoms with Gasteiger partial charge >= 0.3 is 0 Å². The van der Waals surface area contributed by atoms with E-state index in [-0.39, 0.29) is 12.5 Å². The van der Waals surface area contributed by atoms with Crippen LogP contribution in [0.3, 0.4) is 0 Å². The van der Waals surface area contributed by atoms with Crippen molar-refractivity contribution in [2.24, 2.45) is 0 Å². The fraction of sp³-hybridized carbons (Fsp3) is 0.333. The van der Waals surface area contributed by atoms with E-state index in [4.69, 9.17) is 10.00 Å². The molecular weight excluding hydrogens is 312 g/mol. The maximum atomic E-state index is 12.6. The van der Waals surface area contributed by atoms with E-state index in [0.717, 1.165) is 23.3 Å². The normalized spacial score (nSPS) is 10.1. The van der Waals surface area contributed by atoms with Crippen LogP contribution in [0.5, 0.6) is 5.75 Å². The SMILES string of the molecule is Cc1cccc(C)c1OCC(=O)N(CCC#N)CCc1ccccc1. The van der Waals surface area contributed by atoms with Crippen molar-refractivity contribution in [1.29, 1.82) is 5.26 Å². The molecule has 0 N–H and O–H groups in total. The largest absolute Gasteiger partial charge is 0.483 e. The number of nitrogens with zero attached hydrogens (tertiary/aromatic N) is 2. The molecule has 0 aliphatic rings. The Bertz CT molecular complexity index is 715. The second kappa shape index (κ2) is 9.48. The number of hydrogen-bond donors (Lipinski definition) is 0. The first-order valence-corrected chi connectivity index (χ1v) is 8.49. The van der Waals surface area contributed by atoms with Crippen molar-refractivity contribution in [2.45, 2.75) is 26.7 Å². The molecule has 25 heavy (non-hydrogen) atoms. The Kier molecular flexibility index (Phi) is 7.03. The third kappa shape index (κ3) is 5.65. The minimum atomic E-state index is -0.0890. The molecule has 2 rings (SSSR count). The minimum absolute atomic E-state index is 0.00802. The molecule has 0 saturated carbocycles. The summed E-state index contributed by atoms with van der Waals surface area (Å²) in [5, 5.41) is 8.84. The zero-order valence-electron chi connectivity index (χ0n) is 14.9. The molecule has 4 heteroatoms. The van der Waals surface area contributed by atoms with E-state index in [1.54, 1.807) is 4.90 Å². The van der Waals surface area contributed by atoms with E-state index < -0.39 is 0 Å². The summed E-state index contributed by atoms with van der Waals surface area (Å²) in [6.07, 6.45) is 1.09. The average molecular weight is 336 g/mol. The number of ether oxygens (including phenoxy) is 1. The highest BCUT2D eigenvalue weighted by atomic mass is 16.5. The van der Waals surface area contributed by atoms with Crippen LogP contribution in [0, 0.1) is 25.2 Å². The molecular formula is C21H24N2O2.